The topological polar surface area (TPSA) is 122 Å². The molecule has 0 amide bonds. The van der Waals surface area contributed by atoms with Crippen LogP contribution in [0.2, 0.25) is 10.0 Å². The maximum absolute atomic E-state index is 8.36. The summed E-state index contributed by atoms with van der Waals surface area (Å²) in [5.41, 5.74) is 1.80. The molecule has 2 aromatic carbocycles. The number of benzene rings is 2. The van der Waals surface area contributed by atoms with Gasteiger partial charge < -0.3 is 19.4 Å². The summed E-state index contributed by atoms with van der Waals surface area (Å²) in [6.07, 6.45) is 2.84. The first kappa shape index (κ1) is 23.9. The molecule has 12 heteroatoms. The Hall–Kier alpha value is -2.76. The number of aromatic nitrogens is 3. The highest BCUT2D eigenvalue weighted by molar-refractivity contribution is 6.35. The average molecular weight is 483 g/mol. The molecule has 2 heterocycles. The Morgan fingerprint density at radius 3 is 2.69 bits per heavy atom. The third-order valence-electron chi connectivity index (χ3n) is 4.45. The molecule has 0 saturated carbocycles. The average Bonchev–Trinajstić information content (AvgIpc) is 3.39. The van der Waals surface area contributed by atoms with Crippen molar-refractivity contribution in [2.75, 3.05) is 13.2 Å². The molecule has 4 rings (SSSR count). The van der Waals surface area contributed by atoms with Crippen LogP contribution in [0.5, 0.6) is 0 Å². The number of hydrogen-bond donors (Lipinski definition) is 1. The molecule has 0 spiro atoms. The Kier molecular flexibility index (Phi) is 8.37. The second kappa shape index (κ2) is 11.2. The summed E-state index contributed by atoms with van der Waals surface area (Å²) < 4.78 is 19.9. The van der Waals surface area contributed by atoms with Crippen LogP contribution in [0, 0.1) is 10.1 Å². The molecule has 1 aromatic heterocycles. The van der Waals surface area contributed by atoms with E-state index < -0.39 is 10.9 Å². The fourth-order valence-corrected chi connectivity index (χ4v) is 3.72. The molecule has 170 valence electrons. The molecule has 2 unspecified atom stereocenters. The van der Waals surface area contributed by atoms with Gasteiger partial charge in [0.25, 0.3) is 5.09 Å². The van der Waals surface area contributed by atoms with E-state index in [9.17, 15) is 0 Å². The van der Waals surface area contributed by atoms with Crippen LogP contribution in [0.25, 0.3) is 0 Å². The van der Waals surface area contributed by atoms with E-state index in [1.165, 1.54) is 6.33 Å². The van der Waals surface area contributed by atoms with E-state index in [-0.39, 0.29) is 6.10 Å². The zero-order valence-electron chi connectivity index (χ0n) is 16.7. The van der Waals surface area contributed by atoms with E-state index >= 15 is 0 Å². The fourth-order valence-electron chi connectivity index (χ4n) is 3.16. The van der Waals surface area contributed by atoms with Gasteiger partial charge in [-0.05, 0) is 17.7 Å². The number of hydrogen-bond acceptors (Lipinski definition) is 7. The first-order valence-electron chi connectivity index (χ1n) is 9.42. The highest BCUT2D eigenvalue weighted by Gasteiger charge is 2.45. The Bertz CT molecular complexity index is 1000. The minimum Gasteiger partial charge on any atom is -0.374 e. The van der Waals surface area contributed by atoms with E-state index in [2.05, 4.69) is 10.1 Å². The van der Waals surface area contributed by atoms with Crippen molar-refractivity contribution in [1.82, 2.24) is 14.8 Å². The van der Waals surface area contributed by atoms with Crippen LogP contribution >= 0.6 is 23.2 Å². The van der Waals surface area contributed by atoms with Gasteiger partial charge in [-0.3, -0.25) is 0 Å². The monoisotopic (exact) mass is 482 g/mol. The van der Waals surface area contributed by atoms with Gasteiger partial charge in [-0.25, -0.2) is 9.67 Å². The summed E-state index contributed by atoms with van der Waals surface area (Å²) in [6, 6.07) is 15.2. The van der Waals surface area contributed by atoms with Crippen LogP contribution in [0.3, 0.4) is 0 Å². The third-order valence-corrected chi connectivity index (χ3v) is 5.00. The van der Waals surface area contributed by atoms with E-state index in [0.29, 0.717) is 42.0 Å². The highest BCUT2D eigenvalue weighted by Crippen LogP contribution is 2.40. The molecule has 1 fully saturated rings. The number of nitrogens with zero attached hydrogens (tertiary/aromatic N) is 4. The maximum atomic E-state index is 8.36. The van der Waals surface area contributed by atoms with E-state index in [1.54, 1.807) is 23.1 Å². The summed E-state index contributed by atoms with van der Waals surface area (Å²) in [6.45, 7) is 1.60. The van der Waals surface area contributed by atoms with Crippen LogP contribution < -0.4 is 0 Å². The molecule has 32 heavy (non-hydrogen) atoms. The Morgan fingerprint density at radius 2 is 2.03 bits per heavy atom. The van der Waals surface area contributed by atoms with Crippen LogP contribution in [0.15, 0.2) is 61.2 Å². The number of halogens is 2. The normalized spacial score (nSPS) is 19.9. The summed E-state index contributed by atoms with van der Waals surface area (Å²) in [5, 5.41) is 18.8. The van der Waals surface area contributed by atoms with Crippen LogP contribution in [0.4, 0.5) is 0 Å². The molecule has 0 bridgehead atoms. The minimum absolute atomic E-state index is 0.237. The highest BCUT2D eigenvalue weighted by atomic mass is 35.5. The second-order valence-electron chi connectivity index (χ2n) is 6.76. The van der Waals surface area contributed by atoms with Crippen molar-refractivity contribution in [3.63, 3.8) is 0 Å². The van der Waals surface area contributed by atoms with Crippen molar-refractivity contribution in [2.45, 2.75) is 25.0 Å². The van der Waals surface area contributed by atoms with Gasteiger partial charge in [0.15, 0.2) is 0 Å². The lowest BCUT2D eigenvalue weighted by Gasteiger charge is -2.29. The van der Waals surface area contributed by atoms with Gasteiger partial charge in [0, 0.05) is 10.6 Å². The van der Waals surface area contributed by atoms with Crippen LogP contribution in [-0.2, 0) is 33.1 Å². The van der Waals surface area contributed by atoms with Crippen LogP contribution in [-0.4, -0.2) is 44.4 Å². The lowest BCUT2D eigenvalue weighted by atomic mass is 10.1. The Morgan fingerprint density at radius 1 is 1.28 bits per heavy atom. The molecule has 1 aliphatic rings. The van der Waals surface area contributed by atoms with Crippen LogP contribution in [0.1, 0.15) is 11.1 Å². The zero-order valence-corrected chi connectivity index (χ0v) is 18.2. The largest absolute Gasteiger partial charge is 0.374 e. The summed E-state index contributed by atoms with van der Waals surface area (Å²) >= 11 is 12.5. The van der Waals surface area contributed by atoms with Gasteiger partial charge >= 0.3 is 0 Å². The van der Waals surface area contributed by atoms with E-state index in [0.717, 1.165) is 5.56 Å². The Balaban J connectivity index is 0.000000668. The predicted octanol–water partition coefficient (Wildman–Crippen LogP) is 3.72. The molecular weight excluding hydrogens is 463 g/mol. The van der Waals surface area contributed by atoms with Crippen molar-refractivity contribution in [3.05, 3.63) is 92.5 Å². The lowest BCUT2D eigenvalue weighted by Crippen LogP contribution is -2.34. The van der Waals surface area contributed by atoms with Crippen molar-refractivity contribution >= 4 is 23.2 Å². The first-order chi connectivity index (χ1) is 15.4. The van der Waals surface area contributed by atoms with Gasteiger partial charge in [0.2, 0.25) is 5.79 Å². The van der Waals surface area contributed by atoms with Crippen molar-refractivity contribution in [1.29, 1.82) is 0 Å². The number of rotatable bonds is 7. The van der Waals surface area contributed by atoms with Crippen molar-refractivity contribution in [3.8, 4) is 0 Å². The molecule has 3 aromatic rings. The van der Waals surface area contributed by atoms with Gasteiger partial charge in [-0.2, -0.15) is 5.10 Å². The second-order valence-corrected chi connectivity index (χ2v) is 7.60. The van der Waals surface area contributed by atoms with E-state index in [1.807, 2.05) is 36.4 Å². The minimum atomic E-state index is -1.50. The number of ether oxygens (including phenoxy) is 3. The summed E-state index contributed by atoms with van der Waals surface area (Å²) in [7, 11) is 0. The molecule has 1 N–H and O–H groups in total. The van der Waals surface area contributed by atoms with Gasteiger partial charge in [-0.1, -0.05) is 59.6 Å². The fraction of sp³-hybridized carbons (Fsp3) is 0.300. The molecule has 1 saturated heterocycles. The molecule has 0 aliphatic carbocycles. The Labute approximate surface area is 193 Å². The quantitative estimate of drug-likeness (QED) is 0.399. The van der Waals surface area contributed by atoms with E-state index in [4.69, 9.17) is 52.7 Å². The first-order valence-corrected chi connectivity index (χ1v) is 10.2. The standard InChI is InChI=1S/C20H19Cl2N3O3.HNO3/c21-16-6-7-18(19(22)8-16)20(12-25-14-23-13-24-25)27-11-17(28-20)10-26-9-15-4-2-1-3-5-15;2-1(3)4/h1-8,13-14,17H,9-12H2;(H,2,3,4). The van der Waals surface area contributed by atoms with Gasteiger partial charge in [0.05, 0.1) is 24.8 Å². The summed E-state index contributed by atoms with van der Waals surface area (Å²) in [5.74, 6) is -1.09. The molecule has 10 nitrogen and oxygen atoms in total. The zero-order chi connectivity index (χ0) is 23.0. The SMILES string of the molecule is Clc1ccc(C2(Cn3cncn3)OCC(COCc3ccccc3)O2)c(Cl)c1.O=[N+]([O-])O. The van der Waals surface area contributed by atoms with Gasteiger partial charge in [0.1, 0.15) is 25.3 Å². The maximum Gasteiger partial charge on any atom is 0.291 e. The third kappa shape index (κ3) is 6.62. The molecule has 0 radical (unpaired) electrons. The smallest absolute Gasteiger partial charge is 0.291 e. The molecule has 1 aliphatic heterocycles. The van der Waals surface area contributed by atoms with Crippen molar-refractivity contribution in [2.24, 2.45) is 0 Å². The molecular formula is C20H20Cl2N4O6. The summed E-state index contributed by atoms with van der Waals surface area (Å²) in [4.78, 5) is 12.4. The predicted molar refractivity (Wildman–Crippen MR) is 114 cm³/mol. The van der Waals surface area contributed by atoms with Gasteiger partial charge in [-0.15, -0.1) is 10.1 Å². The van der Waals surface area contributed by atoms with Crippen molar-refractivity contribution < 1.29 is 24.5 Å². The molecule has 2 atom stereocenters. The lowest BCUT2D eigenvalue weighted by molar-refractivity contribution is -0.742.